The number of anilines is 3. The quantitative estimate of drug-likeness (QED) is 0.490. The molecule has 0 atom stereocenters. The van der Waals surface area contributed by atoms with Gasteiger partial charge in [0.25, 0.3) is 5.91 Å². The summed E-state index contributed by atoms with van der Waals surface area (Å²) >= 11 is 0. The molecule has 0 spiro atoms. The van der Waals surface area contributed by atoms with Gasteiger partial charge in [0.2, 0.25) is 5.91 Å². The van der Waals surface area contributed by atoms with Crippen molar-refractivity contribution in [2.45, 2.75) is 52.4 Å². The third-order valence-electron chi connectivity index (χ3n) is 7.59. The molecule has 1 fully saturated rings. The molecular weight excluding hydrogens is 436 g/mol. The van der Waals surface area contributed by atoms with E-state index in [4.69, 9.17) is 0 Å². The van der Waals surface area contributed by atoms with E-state index < -0.39 is 0 Å². The molecule has 0 unspecified atom stereocenters. The van der Waals surface area contributed by atoms with Gasteiger partial charge in [-0.1, -0.05) is 38.1 Å². The second kappa shape index (κ2) is 12.3. The number of carbonyl (C=O) groups excluding carboxylic acids is 2. The predicted molar refractivity (Wildman–Crippen MR) is 143 cm³/mol. The second-order valence-electron chi connectivity index (χ2n) is 9.78. The van der Waals surface area contributed by atoms with Crippen LogP contribution in [0.15, 0.2) is 48.5 Å². The summed E-state index contributed by atoms with van der Waals surface area (Å²) in [5.41, 5.74) is 2.59. The first-order valence-corrected chi connectivity index (χ1v) is 13.4. The molecule has 1 saturated heterocycles. The van der Waals surface area contributed by atoms with Gasteiger partial charge in [0.15, 0.2) is 0 Å². The van der Waals surface area contributed by atoms with Gasteiger partial charge < -0.3 is 15.1 Å². The van der Waals surface area contributed by atoms with Crippen LogP contribution in [0.5, 0.6) is 0 Å². The van der Waals surface area contributed by atoms with Crippen LogP contribution < -0.4 is 10.2 Å². The molecule has 2 aromatic rings. The molecule has 2 heterocycles. The lowest BCUT2D eigenvalue weighted by Gasteiger charge is -2.32. The summed E-state index contributed by atoms with van der Waals surface area (Å²) in [6.45, 7) is 11.2. The molecule has 0 aromatic heterocycles. The van der Waals surface area contributed by atoms with E-state index in [0.717, 1.165) is 50.7 Å². The number of piperidine rings is 1. The van der Waals surface area contributed by atoms with Crippen LogP contribution in [0.4, 0.5) is 17.1 Å². The first-order chi connectivity index (χ1) is 17.1. The highest BCUT2D eigenvalue weighted by atomic mass is 16.2. The molecule has 0 aliphatic carbocycles. The van der Waals surface area contributed by atoms with Crippen molar-refractivity contribution < 1.29 is 9.59 Å². The molecule has 2 amide bonds. The van der Waals surface area contributed by atoms with E-state index in [0.29, 0.717) is 23.4 Å². The van der Waals surface area contributed by atoms with Gasteiger partial charge >= 0.3 is 0 Å². The van der Waals surface area contributed by atoms with Crippen molar-refractivity contribution in [1.29, 1.82) is 0 Å². The second-order valence-corrected chi connectivity index (χ2v) is 9.78. The predicted octanol–water partition coefficient (Wildman–Crippen LogP) is 5.53. The Morgan fingerprint density at radius 3 is 2.40 bits per heavy atom. The van der Waals surface area contributed by atoms with Gasteiger partial charge in [-0.3, -0.25) is 14.5 Å². The largest absolute Gasteiger partial charge is 0.320 e. The molecule has 2 aliphatic rings. The van der Waals surface area contributed by atoms with Gasteiger partial charge in [0.05, 0.1) is 22.6 Å². The van der Waals surface area contributed by atoms with Crippen molar-refractivity contribution in [3.63, 3.8) is 0 Å². The van der Waals surface area contributed by atoms with Crippen LogP contribution in [0.2, 0.25) is 0 Å². The van der Waals surface area contributed by atoms with Crippen LogP contribution in [0, 0.1) is 5.92 Å². The normalized spacial score (nSPS) is 16.5. The third kappa shape index (κ3) is 6.30. The summed E-state index contributed by atoms with van der Waals surface area (Å²) in [6.07, 6.45) is 6.47. The molecule has 2 aromatic carbocycles. The highest BCUT2D eigenvalue weighted by Gasteiger charge is 2.29. The van der Waals surface area contributed by atoms with Gasteiger partial charge in [-0.2, -0.15) is 0 Å². The molecule has 6 heteroatoms. The van der Waals surface area contributed by atoms with E-state index in [1.807, 2.05) is 42.5 Å². The summed E-state index contributed by atoms with van der Waals surface area (Å²) in [5, 5.41) is 2.96. The number of hydrogen-bond donors (Lipinski definition) is 1. The average molecular weight is 477 g/mol. The Bertz CT molecular complexity index is 996. The minimum atomic E-state index is -0.177. The van der Waals surface area contributed by atoms with Gasteiger partial charge in [-0.15, -0.1) is 0 Å². The molecule has 4 rings (SSSR count). The summed E-state index contributed by atoms with van der Waals surface area (Å²) < 4.78 is 0. The van der Waals surface area contributed by atoms with Crippen molar-refractivity contribution in [2.24, 2.45) is 5.92 Å². The maximum absolute atomic E-state index is 13.5. The van der Waals surface area contributed by atoms with E-state index in [1.165, 1.54) is 32.2 Å². The number of benzene rings is 2. The molecule has 0 bridgehead atoms. The minimum absolute atomic E-state index is 0.0349. The molecular formula is C29H40N4O2. The fourth-order valence-electron chi connectivity index (χ4n) is 5.43. The van der Waals surface area contributed by atoms with Crippen molar-refractivity contribution in [1.82, 2.24) is 9.80 Å². The zero-order chi connectivity index (χ0) is 24.6. The monoisotopic (exact) mass is 476 g/mol. The minimum Gasteiger partial charge on any atom is -0.320 e. The van der Waals surface area contributed by atoms with Crippen LogP contribution in [0.3, 0.4) is 0 Å². The van der Waals surface area contributed by atoms with Gasteiger partial charge in [-0.05, 0) is 102 Å². The van der Waals surface area contributed by atoms with E-state index in [2.05, 4.69) is 29.0 Å². The SMILES string of the molecule is CCN(CC)CCCC1CCN(CCCC(=O)N2c3ccccc3NC(=O)c3ccccc32)CC1. The molecule has 188 valence electrons. The lowest BCUT2D eigenvalue weighted by molar-refractivity contribution is -0.118. The number of likely N-dealkylation sites (tertiary alicyclic amines) is 1. The number of nitrogens with zero attached hydrogens (tertiary/aromatic N) is 3. The Kier molecular flexibility index (Phi) is 8.94. The summed E-state index contributed by atoms with van der Waals surface area (Å²) in [6, 6.07) is 14.9. The molecule has 6 nitrogen and oxygen atoms in total. The number of para-hydroxylation sites is 3. The first-order valence-electron chi connectivity index (χ1n) is 13.4. The first kappa shape index (κ1) is 25.4. The number of carbonyl (C=O) groups is 2. The van der Waals surface area contributed by atoms with E-state index in [1.54, 1.807) is 11.0 Å². The van der Waals surface area contributed by atoms with Crippen molar-refractivity contribution in [2.75, 3.05) is 49.5 Å². The smallest absolute Gasteiger partial charge is 0.257 e. The third-order valence-corrected chi connectivity index (χ3v) is 7.59. The van der Waals surface area contributed by atoms with E-state index >= 15 is 0 Å². The summed E-state index contributed by atoms with van der Waals surface area (Å²) in [5.74, 6) is 0.703. The molecule has 1 N–H and O–H groups in total. The fraction of sp³-hybridized carbons (Fsp3) is 0.517. The Morgan fingerprint density at radius 2 is 1.66 bits per heavy atom. The average Bonchev–Trinajstić information content (AvgIpc) is 3.01. The molecule has 0 saturated carbocycles. The topological polar surface area (TPSA) is 55.9 Å². The Labute approximate surface area is 210 Å². The van der Waals surface area contributed by atoms with Crippen LogP contribution in [-0.4, -0.2) is 60.9 Å². The van der Waals surface area contributed by atoms with Crippen LogP contribution in [0.25, 0.3) is 0 Å². The standard InChI is InChI=1S/C29H40N4O2/c1-3-31(4-2)19-9-11-23-17-21-32(22-18-23)20-10-16-28(34)33-26-14-7-5-12-24(26)29(35)30-25-13-6-8-15-27(25)33/h5-8,12-15,23H,3-4,9-11,16-22H2,1-2H3,(H,30,35). The Morgan fingerprint density at radius 1 is 0.971 bits per heavy atom. The number of rotatable bonds is 10. The number of nitrogens with one attached hydrogen (secondary N) is 1. The van der Waals surface area contributed by atoms with Gasteiger partial charge in [-0.25, -0.2) is 0 Å². The van der Waals surface area contributed by atoms with E-state index in [-0.39, 0.29) is 11.8 Å². The van der Waals surface area contributed by atoms with E-state index in [9.17, 15) is 9.59 Å². The molecule has 0 radical (unpaired) electrons. The van der Waals surface area contributed by atoms with Crippen LogP contribution in [0.1, 0.15) is 62.7 Å². The van der Waals surface area contributed by atoms with Crippen molar-refractivity contribution in [3.05, 3.63) is 54.1 Å². The summed E-state index contributed by atoms with van der Waals surface area (Å²) in [7, 11) is 0. The van der Waals surface area contributed by atoms with Crippen molar-refractivity contribution in [3.8, 4) is 0 Å². The van der Waals surface area contributed by atoms with Crippen LogP contribution in [-0.2, 0) is 4.79 Å². The lowest BCUT2D eigenvalue weighted by atomic mass is 9.92. The maximum atomic E-state index is 13.5. The van der Waals surface area contributed by atoms with Crippen molar-refractivity contribution >= 4 is 28.9 Å². The Hall–Kier alpha value is -2.70. The number of hydrogen-bond acceptors (Lipinski definition) is 4. The zero-order valence-corrected chi connectivity index (χ0v) is 21.3. The molecule has 2 aliphatic heterocycles. The van der Waals surface area contributed by atoms with Gasteiger partial charge in [0.1, 0.15) is 0 Å². The summed E-state index contributed by atoms with van der Waals surface area (Å²) in [4.78, 5) is 33.0. The highest BCUT2D eigenvalue weighted by Crippen LogP contribution is 2.38. The maximum Gasteiger partial charge on any atom is 0.257 e. The number of fused-ring (bicyclic) bond motifs is 2. The molecule has 35 heavy (non-hydrogen) atoms. The zero-order valence-electron chi connectivity index (χ0n) is 21.3. The lowest BCUT2D eigenvalue weighted by Crippen LogP contribution is -2.35. The van der Waals surface area contributed by atoms with Crippen LogP contribution >= 0.6 is 0 Å². The highest BCUT2D eigenvalue weighted by molar-refractivity contribution is 6.17. The number of amides is 2. The van der Waals surface area contributed by atoms with Gasteiger partial charge in [0, 0.05) is 6.42 Å². The fourth-order valence-corrected chi connectivity index (χ4v) is 5.43. The Balaban J connectivity index is 1.29.